The standard InChI is InChI=1S/C15H15FN6O/c1-9(14-21-18-8-22(14)2)19-15(23)11-7-17-20-13(11)10-5-3-4-6-12(10)16/h3-9H,1-2H3,(H,17,20)(H,19,23)/t9-/m0/s1. The van der Waals surface area contributed by atoms with Crippen molar-refractivity contribution in [2.24, 2.45) is 7.05 Å². The number of carbonyl (C=O) groups is 1. The molecule has 0 radical (unpaired) electrons. The van der Waals surface area contributed by atoms with Crippen LogP contribution in [0, 0.1) is 5.82 Å². The maximum absolute atomic E-state index is 13.9. The summed E-state index contributed by atoms with van der Waals surface area (Å²) < 4.78 is 15.7. The summed E-state index contributed by atoms with van der Waals surface area (Å²) >= 11 is 0. The number of amides is 1. The minimum atomic E-state index is -0.424. The van der Waals surface area contributed by atoms with Crippen molar-refractivity contribution in [2.75, 3.05) is 0 Å². The molecule has 0 fully saturated rings. The van der Waals surface area contributed by atoms with Crippen LogP contribution in [0.25, 0.3) is 11.3 Å². The van der Waals surface area contributed by atoms with Crippen LogP contribution in [0.5, 0.6) is 0 Å². The first-order chi connectivity index (χ1) is 11.1. The Bertz CT molecular complexity index is 840. The average molecular weight is 314 g/mol. The summed E-state index contributed by atoms with van der Waals surface area (Å²) in [5.41, 5.74) is 0.899. The van der Waals surface area contributed by atoms with E-state index in [1.54, 1.807) is 43.1 Å². The summed E-state index contributed by atoms with van der Waals surface area (Å²) in [6, 6.07) is 5.86. The van der Waals surface area contributed by atoms with E-state index in [2.05, 4.69) is 25.7 Å². The fraction of sp³-hybridized carbons (Fsp3) is 0.200. The number of hydrogen-bond acceptors (Lipinski definition) is 4. The molecule has 0 saturated carbocycles. The highest BCUT2D eigenvalue weighted by molar-refractivity contribution is 5.99. The van der Waals surface area contributed by atoms with Crippen LogP contribution in [0.15, 0.2) is 36.8 Å². The van der Waals surface area contributed by atoms with Crippen LogP contribution in [0.2, 0.25) is 0 Å². The number of aromatic nitrogens is 5. The monoisotopic (exact) mass is 314 g/mol. The molecule has 1 aromatic carbocycles. The third-order valence-electron chi connectivity index (χ3n) is 3.51. The highest BCUT2D eigenvalue weighted by Gasteiger charge is 2.21. The molecule has 2 N–H and O–H groups in total. The number of rotatable bonds is 4. The lowest BCUT2D eigenvalue weighted by Crippen LogP contribution is -2.28. The summed E-state index contributed by atoms with van der Waals surface area (Å²) in [7, 11) is 1.79. The molecule has 1 atom stereocenters. The molecule has 118 valence electrons. The number of carbonyl (C=O) groups excluding carboxylic acids is 1. The van der Waals surface area contributed by atoms with Gasteiger partial charge in [-0.05, 0) is 19.1 Å². The van der Waals surface area contributed by atoms with Gasteiger partial charge in [0, 0.05) is 12.6 Å². The molecule has 0 aliphatic rings. The Hall–Kier alpha value is -3.03. The van der Waals surface area contributed by atoms with Gasteiger partial charge in [0.2, 0.25) is 0 Å². The highest BCUT2D eigenvalue weighted by Crippen LogP contribution is 2.24. The predicted molar refractivity (Wildman–Crippen MR) is 80.9 cm³/mol. The van der Waals surface area contributed by atoms with Gasteiger partial charge in [-0.25, -0.2) is 4.39 Å². The maximum Gasteiger partial charge on any atom is 0.255 e. The van der Waals surface area contributed by atoms with Gasteiger partial charge < -0.3 is 9.88 Å². The molecule has 23 heavy (non-hydrogen) atoms. The fourth-order valence-corrected chi connectivity index (χ4v) is 2.35. The van der Waals surface area contributed by atoms with Crippen molar-refractivity contribution in [1.29, 1.82) is 0 Å². The summed E-state index contributed by atoms with van der Waals surface area (Å²) in [5, 5.41) is 17.1. The number of nitrogens with one attached hydrogen (secondary N) is 2. The first kappa shape index (κ1) is 14.9. The van der Waals surface area contributed by atoms with Crippen molar-refractivity contribution >= 4 is 5.91 Å². The molecular weight excluding hydrogens is 299 g/mol. The van der Waals surface area contributed by atoms with Crippen molar-refractivity contribution in [3.05, 3.63) is 54.0 Å². The van der Waals surface area contributed by atoms with E-state index in [1.165, 1.54) is 12.3 Å². The molecule has 3 aromatic rings. The molecule has 0 aliphatic carbocycles. The van der Waals surface area contributed by atoms with E-state index >= 15 is 0 Å². The molecule has 0 unspecified atom stereocenters. The van der Waals surface area contributed by atoms with E-state index in [-0.39, 0.29) is 17.5 Å². The van der Waals surface area contributed by atoms with E-state index in [1.807, 2.05) is 0 Å². The van der Waals surface area contributed by atoms with Crippen LogP contribution < -0.4 is 5.32 Å². The van der Waals surface area contributed by atoms with Crippen LogP contribution in [0.4, 0.5) is 4.39 Å². The third kappa shape index (κ3) is 2.83. The van der Waals surface area contributed by atoms with Crippen LogP contribution in [0.1, 0.15) is 29.1 Å². The number of aromatic amines is 1. The molecule has 2 aromatic heterocycles. The van der Waals surface area contributed by atoms with Crippen LogP contribution in [-0.2, 0) is 7.05 Å². The number of aryl methyl sites for hydroxylation is 1. The van der Waals surface area contributed by atoms with Crippen molar-refractivity contribution in [3.63, 3.8) is 0 Å². The van der Waals surface area contributed by atoms with Gasteiger partial charge in [-0.1, -0.05) is 12.1 Å². The van der Waals surface area contributed by atoms with Crippen molar-refractivity contribution < 1.29 is 9.18 Å². The summed E-state index contributed by atoms with van der Waals surface area (Å²) in [5.74, 6) is -0.172. The van der Waals surface area contributed by atoms with Crippen molar-refractivity contribution in [1.82, 2.24) is 30.3 Å². The van der Waals surface area contributed by atoms with Gasteiger partial charge in [0.1, 0.15) is 12.1 Å². The van der Waals surface area contributed by atoms with E-state index in [4.69, 9.17) is 0 Å². The Morgan fingerprint density at radius 2 is 2.17 bits per heavy atom. The van der Waals surface area contributed by atoms with E-state index in [9.17, 15) is 9.18 Å². The number of halogens is 1. The number of nitrogens with zero attached hydrogens (tertiary/aromatic N) is 4. The molecule has 3 rings (SSSR count). The zero-order chi connectivity index (χ0) is 16.4. The van der Waals surface area contributed by atoms with Gasteiger partial charge in [0.05, 0.1) is 23.5 Å². The Balaban J connectivity index is 1.86. The normalized spacial score (nSPS) is 12.1. The van der Waals surface area contributed by atoms with Crippen molar-refractivity contribution in [3.8, 4) is 11.3 Å². The molecule has 1 amide bonds. The zero-order valence-electron chi connectivity index (χ0n) is 12.6. The Kier molecular flexibility index (Phi) is 3.88. The number of benzene rings is 1. The first-order valence-electron chi connectivity index (χ1n) is 7.01. The second kappa shape index (κ2) is 5.99. The molecule has 2 heterocycles. The minimum Gasteiger partial charge on any atom is -0.342 e. The second-order valence-corrected chi connectivity index (χ2v) is 5.13. The van der Waals surface area contributed by atoms with Gasteiger partial charge in [0.15, 0.2) is 5.82 Å². The molecule has 7 nitrogen and oxygen atoms in total. The van der Waals surface area contributed by atoms with Crippen LogP contribution >= 0.6 is 0 Å². The Morgan fingerprint density at radius 1 is 1.39 bits per heavy atom. The summed E-state index contributed by atoms with van der Waals surface area (Å²) in [4.78, 5) is 12.5. The number of hydrogen-bond donors (Lipinski definition) is 2. The minimum absolute atomic E-state index is 0.268. The van der Waals surface area contributed by atoms with Gasteiger partial charge in [0.25, 0.3) is 5.91 Å². The molecule has 0 spiro atoms. The Labute approximate surface area is 131 Å². The fourth-order valence-electron chi connectivity index (χ4n) is 2.35. The third-order valence-corrected chi connectivity index (χ3v) is 3.51. The molecule has 0 saturated heterocycles. The van der Waals surface area contributed by atoms with Gasteiger partial charge in [-0.3, -0.25) is 9.89 Å². The maximum atomic E-state index is 13.9. The molecule has 8 heteroatoms. The Morgan fingerprint density at radius 3 is 2.87 bits per heavy atom. The number of H-pyrrole nitrogens is 1. The van der Waals surface area contributed by atoms with Gasteiger partial charge in [-0.15, -0.1) is 10.2 Å². The highest BCUT2D eigenvalue weighted by atomic mass is 19.1. The first-order valence-corrected chi connectivity index (χ1v) is 7.01. The lowest BCUT2D eigenvalue weighted by atomic mass is 10.1. The van der Waals surface area contributed by atoms with E-state index < -0.39 is 5.82 Å². The largest absolute Gasteiger partial charge is 0.342 e. The summed E-state index contributed by atoms with van der Waals surface area (Å²) in [6.07, 6.45) is 2.93. The van der Waals surface area contributed by atoms with Gasteiger partial charge >= 0.3 is 0 Å². The van der Waals surface area contributed by atoms with Crippen molar-refractivity contribution in [2.45, 2.75) is 13.0 Å². The molecule has 0 bridgehead atoms. The topological polar surface area (TPSA) is 88.5 Å². The quantitative estimate of drug-likeness (QED) is 0.769. The lowest BCUT2D eigenvalue weighted by Gasteiger charge is -2.13. The second-order valence-electron chi connectivity index (χ2n) is 5.13. The molecular formula is C15H15FN6O. The van der Waals surface area contributed by atoms with Gasteiger partial charge in [-0.2, -0.15) is 5.10 Å². The zero-order valence-corrected chi connectivity index (χ0v) is 12.6. The lowest BCUT2D eigenvalue weighted by molar-refractivity contribution is 0.0938. The predicted octanol–water partition coefficient (Wildman–Crippen LogP) is 1.84. The van der Waals surface area contributed by atoms with Crippen LogP contribution in [-0.4, -0.2) is 30.9 Å². The smallest absolute Gasteiger partial charge is 0.255 e. The van der Waals surface area contributed by atoms with E-state index in [0.29, 0.717) is 17.1 Å². The summed E-state index contributed by atoms with van der Waals surface area (Å²) in [6.45, 7) is 1.80. The average Bonchev–Trinajstić information content (AvgIpc) is 3.16. The molecule has 0 aliphatic heterocycles. The van der Waals surface area contributed by atoms with E-state index in [0.717, 1.165) is 0 Å². The van der Waals surface area contributed by atoms with Crippen LogP contribution in [0.3, 0.4) is 0 Å². The SMILES string of the molecule is C[C@H](NC(=O)c1cn[nH]c1-c1ccccc1F)c1nncn1C.